The third-order valence-corrected chi connectivity index (χ3v) is 3.32. The van der Waals surface area contributed by atoms with Crippen LogP contribution in [0, 0.1) is 0 Å². The number of aromatic nitrogens is 2. The van der Waals surface area contributed by atoms with Gasteiger partial charge in [0.2, 0.25) is 5.76 Å². The maximum Gasteiger partial charge on any atom is 0.295 e. The van der Waals surface area contributed by atoms with Gasteiger partial charge in [0.15, 0.2) is 0 Å². The first-order valence-electron chi connectivity index (χ1n) is 6.38. The van der Waals surface area contributed by atoms with Gasteiger partial charge in [0.1, 0.15) is 11.6 Å². The van der Waals surface area contributed by atoms with Crippen LogP contribution in [0.1, 0.15) is 10.6 Å². The Labute approximate surface area is 130 Å². The molecule has 0 radical (unpaired) electrons. The topological polar surface area (TPSA) is 94.0 Å². The van der Waals surface area contributed by atoms with Crippen molar-refractivity contribution in [1.29, 1.82) is 0 Å². The summed E-state index contributed by atoms with van der Waals surface area (Å²) in [5.74, 6) is 0.226. The smallest absolute Gasteiger partial charge is 0.295 e. The van der Waals surface area contributed by atoms with E-state index in [2.05, 4.69) is 15.5 Å². The van der Waals surface area contributed by atoms with E-state index in [9.17, 15) is 4.79 Å². The molecule has 1 amide bonds. The molecule has 0 saturated carbocycles. The fourth-order valence-corrected chi connectivity index (χ4v) is 2.20. The molecule has 0 aliphatic rings. The summed E-state index contributed by atoms with van der Waals surface area (Å²) in [5, 5.41) is 6.63. The van der Waals surface area contributed by atoms with Crippen molar-refractivity contribution >= 4 is 29.1 Å². The number of pyridine rings is 1. The average molecular weight is 315 g/mol. The number of halogens is 1. The molecular weight excluding hydrogens is 304 g/mol. The van der Waals surface area contributed by atoms with Crippen LogP contribution in [0.15, 0.2) is 53.2 Å². The molecule has 0 aliphatic carbocycles. The van der Waals surface area contributed by atoms with E-state index >= 15 is 0 Å². The molecule has 0 aliphatic heterocycles. The summed E-state index contributed by atoms with van der Waals surface area (Å²) in [6.07, 6.45) is 1.39. The van der Waals surface area contributed by atoms with E-state index in [1.807, 2.05) is 18.2 Å². The van der Waals surface area contributed by atoms with Crippen LogP contribution in [0.5, 0.6) is 0 Å². The Morgan fingerprint density at radius 3 is 2.64 bits per heavy atom. The van der Waals surface area contributed by atoms with Gasteiger partial charge in [-0.25, -0.2) is 4.98 Å². The van der Waals surface area contributed by atoms with E-state index in [0.717, 1.165) is 5.56 Å². The van der Waals surface area contributed by atoms with Crippen molar-refractivity contribution in [3.63, 3.8) is 0 Å². The SMILES string of the molecule is Nc1nc(NC(=O)c2ccno2)ccc1-c1ccccc1Cl. The van der Waals surface area contributed by atoms with E-state index in [-0.39, 0.29) is 11.6 Å². The van der Waals surface area contributed by atoms with Gasteiger partial charge in [-0.1, -0.05) is 35.0 Å². The van der Waals surface area contributed by atoms with Crippen molar-refractivity contribution in [3.8, 4) is 11.1 Å². The first-order chi connectivity index (χ1) is 10.6. The highest BCUT2D eigenvalue weighted by atomic mass is 35.5. The molecule has 0 bridgehead atoms. The fraction of sp³-hybridized carbons (Fsp3) is 0. The molecule has 0 saturated heterocycles. The molecule has 22 heavy (non-hydrogen) atoms. The molecule has 3 aromatic rings. The second-order valence-electron chi connectivity index (χ2n) is 4.44. The van der Waals surface area contributed by atoms with Crippen LogP contribution in [0.25, 0.3) is 11.1 Å². The van der Waals surface area contributed by atoms with Gasteiger partial charge < -0.3 is 15.6 Å². The monoisotopic (exact) mass is 314 g/mol. The van der Waals surface area contributed by atoms with Gasteiger partial charge in [0.05, 0.1) is 6.20 Å². The lowest BCUT2D eigenvalue weighted by atomic mass is 10.1. The quantitative estimate of drug-likeness (QED) is 0.774. The zero-order chi connectivity index (χ0) is 15.5. The number of carbonyl (C=O) groups excluding carboxylic acids is 1. The Balaban J connectivity index is 1.87. The molecule has 0 atom stereocenters. The first-order valence-corrected chi connectivity index (χ1v) is 6.76. The lowest BCUT2D eigenvalue weighted by Gasteiger charge is -2.09. The van der Waals surface area contributed by atoms with E-state index < -0.39 is 5.91 Å². The Morgan fingerprint density at radius 1 is 1.14 bits per heavy atom. The van der Waals surface area contributed by atoms with Gasteiger partial charge in [0.25, 0.3) is 5.91 Å². The van der Waals surface area contributed by atoms with Crippen molar-refractivity contribution in [2.75, 3.05) is 11.1 Å². The molecule has 1 aromatic carbocycles. The van der Waals surface area contributed by atoms with Gasteiger partial charge in [-0.3, -0.25) is 4.79 Å². The molecule has 0 fully saturated rings. The predicted molar refractivity (Wildman–Crippen MR) is 83.6 cm³/mol. The van der Waals surface area contributed by atoms with E-state index in [1.54, 1.807) is 18.2 Å². The Hall–Kier alpha value is -2.86. The summed E-state index contributed by atoms with van der Waals surface area (Å²) in [6.45, 7) is 0. The van der Waals surface area contributed by atoms with Crippen LogP contribution < -0.4 is 11.1 Å². The van der Waals surface area contributed by atoms with Crippen LogP contribution in [0.4, 0.5) is 11.6 Å². The predicted octanol–water partition coefficient (Wildman–Crippen LogP) is 3.22. The molecule has 3 rings (SSSR count). The number of amides is 1. The van der Waals surface area contributed by atoms with Crippen molar-refractivity contribution in [2.24, 2.45) is 0 Å². The minimum absolute atomic E-state index is 0.0931. The molecule has 2 heterocycles. The second kappa shape index (κ2) is 5.87. The molecule has 7 heteroatoms. The van der Waals surface area contributed by atoms with Gasteiger partial charge in [0, 0.05) is 22.2 Å². The van der Waals surface area contributed by atoms with Crippen molar-refractivity contribution in [3.05, 3.63) is 59.4 Å². The van der Waals surface area contributed by atoms with Crippen molar-refractivity contribution in [2.45, 2.75) is 0 Å². The number of carbonyl (C=O) groups is 1. The summed E-state index contributed by atoms with van der Waals surface area (Å²) in [7, 11) is 0. The van der Waals surface area contributed by atoms with Gasteiger partial charge in [-0.05, 0) is 18.2 Å². The molecule has 110 valence electrons. The van der Waals surface area contributed by atoms with Gasteiger partial charge in [-0.2, -0.15) is 0 Å². The highest BCUT2D eigenvalue weighted by Gasteiger charge is 2.13. The third kappa shape index (κ3) is 2.77. The molecule has 0 spiro atoms. The number of nitrogens with zero attached hydrogens (tertiary/aromatic N) is 2. The highest BCUT2D eigenvalue weighted by Crippen LogP contribution is 2.31. The van der Waals surface area contributed by atoms with Crippen molar-refractivity contribution < 1.29 is 9.32 Å². The normalized spacial score (nSPS) is 10.4. The number of hydrogen-bond acceptors (Lipinski definition) is 5. The highest BCUT2D eigenvalue weighted by molar-refractivity contribution is 6.33. The van der Waals surface area contributed by atoms with Crippen LogP contribution in [0.2, 0.25) is 5.02 Å². The fourth-order valence-electron chi connectivity index (χ4n) is 1.96. The number of nitrogen functional groups attached to an aromatic ring is 1. The minimum Gasteiger partial charge on any atom is -0.383 e. The molecule has 3 N–H and O–H groups in total. The van der Waals surface area contributed by atoms with E-state index in [1.165, 1.54) is 12.3 Å². The summed E-state index contributed by atoms with van der Waals surface area (Å²) in [5.41, 5.74) is 7.44. The number of rotatable bonds is 3. The summed E-state index contributed by atoms with van der Waals surface area (Å²) < 4.78 is 4.77. The summed E-state index contributed by atoms with van der Waals surface area (Å²) in [4.78, 5) is 16.0. The number of nitrogens with one attached hydrogen (secondary N) is 1. The number of hydrogen-bond donors (Lipinski definition) is 2. The third-order valence-electron chi connectivity index (χ3n) is 2.99. The molecular formula is C15H11ClN4O2. The lowest BCUT2D eigenvalue weighted by Crippen LogP contribution is -2.12. The largest absolute Gasteiger partial charge is 0.383 e. The van der Waals surface area contributed by atoms with Crippen LogP contribution in [-0.2, 0) is 0 Å². The van der Waals surface area contributed by atoms with E-state index in [4.69, 9.17) is 21.9 Å². The maximum atomic E-state index is 11.8. The molecule has 6 nitrogen and oxygen atoms in total. The Kier molecular flexibility index (Phi) is 3.76. The molecule has 2 aromatic heterocycles. The zero-order valence-corrected chi connectivity index (χ0v) is 12.0. The minimum atomic E-state index is -0.449. The van der Waals surface area contributed by atoms with Crippen LogP contribution >= 0.6 is 11.6 Å². The summed E-state index contributed by atoms with van der Waals surface area (Å²) in [6, 6.07) is 12.2. The van der Waals surface area contributed by atoms with Crippen LogP contribution in [0.3, 0.4) is 0 Å². The standard InChI is InChI=1S/C15H11ClN4O2/c16-11-4-2-1-3-9(11)10-5-6-13(19-14(10)17)20-15(21)12-7-8-18-22-12/h1-8H,(H3,17,19,20,21). The number of anilines is 2. The van der Waals surface area contributed by atoms with Crippen molar-refractivity contribution in [1.82, 2.24) is 10.1 Å². The molecule has 0 unspecified atom stereocenters. The maximum absolute atomic E-state index is 11.8. The second-order valence-corrected chi connectivity index (χ2v) is 4.85. The zero-order valence-electron chi connectivity index (χ0n) is 11.3. The van der Waals surface area contributed by atoms with E-state index in [0.29, 0.717) is 16.4 Å². The Morgan fingerprint density at radius 2 is 1.95 bits per heavy atom. The summed E-state index contributed by atoms with van der Waals surface area (Å²) >= 11 is 6.15. The lowest BCUT2D eigenvalue weighted by molar-refractivity contribution is 0.0987. The van der Waals surface area contributed by atoms with Gasteiger partial charge >= 0.3 is 0 Å². The van der Waals surface area contributed by atoms with Gasteiger partial charge in [-0.15, -0.1) is 0 Å². The Bertz CT molecular complexity index is 818. The number of nitrogens with two attached hydrogens (primary N) is 1. The first kappa shape index (κ1) is 14.1. The van der Waals surface area contributed by atoms with Crippen LogP contribution in [-0.4, -0.2) is 16.0 Å². The number of benzene rings is 1. The average Bonchev–Trinajstić information content (AvgIpc) is 3.03.